The second-order valence-corrected chi connectivity index (χ2v) is 9.32. The van der Waals surface area contributed by atoms with E-state index in [2.05, 4.69) is 72.8 Å². The number of para-hydroxylation sites is 2. The van der Waals surface area contributed by atoms with Crippen LogP contribution in [0, 0.1) is 5.92 Å². The van der Waals surface area contributed by atoms with Crippen molar-refractivity contribution in [3.63, 3.8) is 0 Å². The van der Waals surface area contributed by atoms with Crippen molar-refractivity contribution in [1.29, 1.82) is 0 Å². The smallest absolute Gasteiger partial charge is 0.228 e. The summed E-state index contributed by atoms with van der Waals surface area (Å²) in [7, 11) is 0. The number of anilines is 1. The number of hydrogen-bond donors (Lipinski definition) is 1. The Morgan fingerprint density at radius 1 is 1.10 bits per heavy atom. The van der Waals surface area contributed by atoms with Gasteiger partial charge in [0, 0.05) is 18.3 Å². The Labute approximate surface area is 185 Å². The zero-order chi connectivity index (χ0) is 22.0. The summed E-state index contributed by atoms with van der Waals surface area (Å²) >= 11 is 0. The van der Waals surface area contributed by atoms with Gasteiger partial charge in [0.15, 0.2) is 0 Å². The number of amides is 1. The van der Waals surface area contributed by atoms with Crippen molar-refractivity contribution in [2.24, 2.45) is 5.92 Å². The van der Waals surface area contributed by atoms with Crippen molar-refractivity contribution < 1.29 is 4.79 Å². The Kier molecular flexibility index (Phi) is 6.42. The van der Waals surface area contributed by atoms with Crippen LogP contribution in [0.5, 0.6) is 0 Å². The number of nitrogens with zero attached hydrogens (tertiary/aromatic N) is 3. The molecule has 1 aromatic heterocycles. The van der Waals surface area contributed by atoms with E-state index in [1.54, 1.807) is 0 Å². The molecule has 1 atom stereocenters. The van der Waals surface area contributed by atoms with Crippen LogP contribution < -0.4 is 5.32 Å². The van der Waals surface area contributed by atoms with Crippen molar-refractivity contribution in [3.8, 4) is 0 Å². The van der Waals surface area contributed by atoms with E-state index in [9.17, 15) is 4.79 Å². The van der Waals surface area contributed by atoms with Crippen LogP contribution in [0.1, 0.15) is 63.9 Å². The molecule has 1 aliphatic heterocycles. The van der Waals surface area contributed by atoms with Gasteiger partial charge in [-0.3, -0.25) is 9.69 Å². The Morgan fingerprint density at radius 3 is 2.55 bits per heavy atom. The summed E-state index contributed by atoms with van der Waals surface area (Å²) in [5, 5.41) is 3.13. The molecule has 1 saturated heterocycles. The van der Waals surface area contributed by atoms with E-state index in [0.29, 0.717) is 12.0 Å². The number of nitrogens with one attached hydrogen (secondary N) is 1. The lowest BCUT2D eigenvalue weighted by atomic mass is 9.96. The first-order valence-electron chi connectivity index (χ1n) is 11.5. The number of rotatable bonds is 6. The Balaban J connectivity index is 1.43. The monoisotopic (exact) mass is 418 g/mol. The van der Waals surface area contributed by atoms with E-state index >= 15 is 0 Å². The van der Waals surface area contributed by atoms with Gasteiger partial charge in [-0.05, 0) is 69.0 Å². The van der Waals surface area contributed by atoms with Gasteiger partial charge in [0.05, 0.1) is 23.5 Å². The van der Waals surface area contributed by atoms with Crippen molar-refractivity contribution in [2.75, 3.05) is 18.4 Å². The molecule has 0 saturated carbocycles. The highest BCUT2D eigenvalue weighted by Crippen LogP contribution is 2.25. The molecule has 0 aliphatic carbocycles. The first kappa shape index (κ1) is 21.6. The largest absolute Gasteiger partial charge is 0.326 e. The average molecular weight is 419 g/mol. The average Bonchev–Trinajstić information content (AvgIpc) is 3.12. The molecule has 1 fully saturated rings. The summed E-state index contributed by atoms with van der Waals surface area (Å²) < 4.78 is 2.33. The van der Waals surface area contributed by atoms with Crippen LogP contribution in [0.4, 0.5) is 5.69 Å². The third-order valence-corrected chi connectivity index (χ3v) is 6.27. The predicted molar refractivity (Wildman–Crippen MR) is 127 cm³/mol. The third-order valence-electron chi connectivity index (χ3n) is 6.27. The van der Waals surface area contributed by atoms with Crippen LogP contribution in [0.3, 0.4) is 0 Å². The van der Waals surface area contributed by atoms with E-state index in [4.69, 9.17) is 4.98 Å². The van der Waals surface area contributed by atoms with Crippen molar-refractivity contribution in [3.05, 3.63) is 59.9 Å². The van der Waals surface area contributed by atoms with E-state index < -0.39 is 0 Å². The molecule has 0 spiro atoms. The molecular weight excluding hydrogens is 384 g/mol. The standard InChI is InChI=1S/C26H34N4O/c1-18(2)20-11-13-22(14-12-20)27-26(31)21-8-7-15-29(16-21)17-25-28-23-9-5-6-10-24(23)30(25)19(3)4/h5-6,9-14,18-19,21H,7-8,15-17H2,1-4H3,(H,27,31)/t21-/m1/s1. The minimum atomic E-state index is 0.00963. The second kappa shape index (κ2) is 9.23. The summed E-state index contributed by atoms with van der Waals surface area (Å²) in [6.07, 6.45) is 1.97. The maximum absolute atomic E-state index is 12.9. The van der Waals surface area contributed by atoms with E-state index in [1.807, 2.05) is 18.2 Å². The lowest BCUT2D eigenvalue weighted by Crippen LogP contribution is -2.40. The molecule has 3 aromatic rings. The van der Waals surface area contributed by atoms with Crippen LogP contribution in [-0.4, -0.2) is 33.4 Å². The molecule has 2 heterocycles. The fourth-order valence-corrected chi connectivity index (χ4v) is 4.59. The van der Waals surface area contributed by atoms with Crippen LogP contribution in [-0.2, 0) is 11.3 Å². The molecule has 0 unspecified atom stereocenters. The molecule has 31 heavy (non-hydrogen) atoms. The Bertz CT molecular complexity index is 1040. The summed E-state index contributed by atoms with van der Waals surface area (Å²) in [5.74, 6) is 1.71. The molecule has 1 N–H and O–H groups in total. The lowest BCUT2D eigenvalue weighted by Gasteiger charge is -2.32. The van der Waals surface area contributed by atoms with Gasteiger partial charge in [0.2, 0.25) is 5.91 Å². The van der Waals surface area contributed by atoms with Crippen molar-refractivity contribution in [2.45, 2.75) is 59.0 Å². The molecule has 5 heteroatoms. The molecule has 4 rings (SSSR count). The van der Waals surface area contributed by atoms with Gasteiger partial charge in [-0.1, -0.05) is 38.1 Å². The second-order valence-electron chi connectivity index (χ2n) is 9.32. The fourth-order valence-electron chi connectivity index (χ4n) is 4.59. The Hall–Kier alpha value is -2.66. The normalized spacial score (nSPS) is 17.5. The van der Waals surface area contributed by atoms with Gasteiger partial charge in [0.1, 0.15) is 5.82 Å². The number of carbonyl (C=O) groups excluding carboxylic acids is 1. The van der Waals surface area contributed by atoms with Gasteiger partial charge in [-0.2, -0.15) is 0 Å². The van der Waals surface area contributed by atoms with Crippen molar-refractivity contribution in [1.82, 2.24) is 14.5 Å². The molecule has 164 valence electrons. The molecule has 0 radical (unpaired) electrons. The predicted octanol–water partition coefficient (Wildman–Crippen LogP) is 5.59. The van der Waals surface area contributed by atoms with E-state index in [0.717, 1.165) is 49.5 Å². The minimum absolute atomic E-state index is 0.00963. The highest BCUT2D eigenvalue weighted by Gasteiger charge is 2.27. The third kappa shape index (κ3) is 4.82. The van der Waals surface area contributed by atoms with Crippen LogP contribution >= 0.6 is 0 Å². The van der Waals surface area contributed by atoms with Gasteiger partial charge in [-0.15, -0.1) is 0 Å². The summed E-state index contributed by atoms with van der Waals surface area (Å²) in [4.78, 5) is 20.2. The van der Waals surface area contributed by atoms with Gasteiger partial charge < -0.3 is 9.88 Å². The number of likely N-dealkylation sites (tertiary alicyclic amines) is 1. The number of imidazole rings is 1. The molecule has 0 bridgehead atoms. The number of benzene rings is 2. The molecule has 2 aromatic carbocycles. The summed E-state index contributed by atoms with van der Waals surface area (Å²) in [5.41, 5.74) is 4.40. The number of hydrogen-bond acceptors (Lipinski definition) is 3. The SMILES string of the molecule is CC(C)c1ccc(NC(=O)[C@@H]2CCCN(Cc3nc4ccccc4n3C(C)C)C2)cc1. The topological polar surface area (TPSA) is 50.2 Å². The first-order chi connectivity index (χ1) is 14.9. The minimum Gasteiger partial charge on any atom is -0.326 e. The van der Waals surface area contributed by atoms with Gasteiger partial charge in [-0.25, -0.2) is 4.98 Å². The maximum atomic E-state index is 12.9. The highest BCUT2D eigenvalue weighted by atomic mass is 16.1. The number of fused-ring (bicyclic) bond motifs is 1. The Morgan fingerprint density at radius 2 is 1.84 bits per heavy atom. The number of carbonyl (C=O) groups is 1. The van der Waals surface area contributed by atoms with Crippen molar-refractivity contribution >= 4 is 22.6 Å². The molecule has 1 aliphatic rings. The highest BCUT2D eigenvalue weighted by molar-refractivity contribution is 5.92. The molecule has 1 amide bonds. The lowest BCUT2D eigenvalue weighted by molar-refractivity contribution is -0.121. The van der Waals surface area contributed by atoms with Gasteiger partial charge >= 0.3 is 0 Å². The zero-order valence-corrected chi connectivity index (χ0v) is 19.1. The zero-order valence-electron chi connectivity index (χ0n) is 19.1. The number of piperidine rings is 1. The van der Waals surface area contributed by atoms with Gasteiger partial charge in [0.25, 0.3) is 0 Å². The molecular formula is C26H34N4O. The van der Waals surface area contributed by atoms with Crippen LogP contribution in [0.15, 0.2) is 48.5 Å². The summed E-state index contributed by atoms with van der Waals surface area (Å²) in [6, 6.07) is 16.9. The number of aromatic nitrogens is 2. The van der Waals surface area contributed by atoms with Crippen LogP contribution in [0.2, 0.25) is 0 Å². The first-order valence-corrected chi connectivity index (χ1v) is 11.5. The fraction of sp³-hybridized carbons (Fsp3) is 0.462. The van der Waals surface area contributed by atoms with E-state index in [-0.39, 0.29) is 11.8 Å². The summed E-state index contributed by atoms with van der Waals surface area (Å²) in [6.45, 7) is 11.3. The molecule has 5 nitrogen and oxygen atoms in total. The van der Waals surface area contributed by atoms with Crippen LogP contribution in [0.25, 0.3) is 11.0 Å². The maximum Gasteiger partial charge on any atom is 0.228 e. The van der Waals surface area contributed by atoms with E-state index in [1.165, 1.54) is 11.1 Å². The quantitative estimate of drug-likeness (QED) is 0.568.